The van der Waals surface area contributed by atoms with Gasteiger partial charge in [0, 0.05) is 32.1 Å². The van der Waals surface area contributed by atoms with E-state index in [1.54, 1.807) is 40.3 Å². The van der Waals surface area contributed by atoms with Crippen molar-refractivity contribution in [3.63, 3.8) is 0 Å². The molecule has 1 unspecified atom stereocenters. The molecular formula is C19H24N2O3S2. The first-order chi connectivity index (χ1) is 12.4. The normalized spacial score (nSPS) is 18.0. The molecule has 1 atom stereocenters. The van der Waals surface area contributed by atoms with Gasteiger partial charge in [-0.05, 0) is 48.9 Å². The summed E-state index contributed by atoms with van der Waals surface area (Å²) in [5, 5.41) is -0.192. The lowest BCUT2D eigenvalue weighted by atomic mass is 10.2. The Balaban J connectivity index is 1.86. The molecule has 140 valence electrons. The maximum atomic E-state index is 13.1. The summed E-state index contributed by atoms with van der Waals surface area (Å²) in [7, 11) is 0.429. The number of benzene rings is 2. The van der Waals surface area contributed by atoms with Crippen molar-refractivity contribution < 1.29 is 13.2 Å². The van der Waals surface area contributed by atoms with Crippen molar-refractivity contribution in [1.29, 1.82) is 0 Å². The summed E-state index contributed by atoms with van der Waals surface area (Å²) in [6, 6.07) is 14.7. The zero-order chi connectivity index (χ0) is 18.7. The minimum atomic E-state index is -3.55. The lowest BCUT2D eigenvalue weighted by Gasteiger charge is -2.24. The van der Waals surface area contributed by atoms with E-state index in [1.807, 2.05) is 50.2 Å². The fourth-order valence-corrected chi connectivity index (χ4v) is 6.15. The van der Waals surface area contributed by atoms with Gasteiger partial charge in [-0.1, -0.05) is 12.1 Å². The fraction of sp³-hybridized carbons (Fsp3) is 0.368. The Bertz CT molecular complexity index is 834. The van der Waals surface area contributed by atoms with Crippen molar-refractivity contribution in [2.24, 2.45) is 0 Å². The first-order valence-electron chi connectivity index (χ1n) is 8.57. The van der Waals surface area contributed by atoms with Crippen LogP contribution in [0, 0.1) is 0 Å². The van der Waals surface area contributed by atoms with Crippen molar-refractivity contribution in [3.8, 4) is 5.75 Å². The van der Waals surface area contributed by atoms with E-state index in [1.165, 1.54) is 0 Å². The molecule has 3 rings (SSSR count). The van der Waals surface area contributed by atoms with Crippen LogP contribution in [0.2, 0.25) is 0 Å². The third kappa shape index (κ3) is 3.84. The Hall–Kier alpha value is -1.70. The third-order valence-corrected chi connectivity index (χ3v) is 7.56. The Morgan fingerprint density at radius 3 is 2.35 bits per heavy atom. The molecule has 2 aromatic rings. The molecule has 0 amide bonds. The molecule has 0 radical (unpaired) electrons. The van der Waals surface area contributed by atoms with E-state index >= 15 is 0 Å². The zero-order valence-corrected chi connectivity index (χ0v) is 16.9. The molecule has 7 heteroatoms. The molecule has 26 heavy (non-hydrogen) atoms. The van der Waals surface area contributed by atoms with Crippen LogP contribution in [0.5, 0.6) is 5.75 Å². The van der Waals surface area contributed by atoms with Crippen LogP contribution in [0.15, 0.2) is 53.4 Å². The summed E-state index contributed by atoms with van der Waals surface area (Å²) in [5.41, 5.74) is 2.10. The van der Waals surface area contributed by atoms with E-state index in [4.69, 9.17) is 4.74 Å². The monoisotopic (exact) mass is 392 g/mol. The Labute approximate surface area is 160 Å². The van der Waals surface area contributed by atoms with Gasteiger partial charge in [-0.3, -0.25) is 0 Å². The van der Waals surface area contributed by atoms with Gasteiger partial charge in [0.1, 0.15) is 5.75 Å². The number of rotatable bonds is 6. The molecular weight excluding hydrogens is 368 g/mol. The van der Waals surface area contributed by atoms with Crippen LogP contribution in [0.3, 0.4) is 0 Å². The molecule has 1 aliphatic heterocycles. The third-order valence-electron chi connectivity index (χ3n) is 4.28. The van der Waals surface area contributed by atoms with Crippen LogP contribution < -0.4 is 9.64 Å². The van der Waals surface area contributed by atoms with Crippen LogP contribution in [-0.4, -0.2) is 45.7 Å². The smallest absolute Gasteiger partial charge is 0.244 e. The topological polar surface area (TPSA) is 49.9 Å². The molecule has 0 aliphatic carbocycles. The second-order valence-electron chi connectivity index (χ2n) is 6.23. The summed E-state index contributed by atoms with van der Waals surface area (Å²) >= 11 is 1.66. The highest BCUT2D eigenvalue weighted by atomic mass is 32.2. The molecule has 0 saturated carbocycles. The Morgan fingerprint density at radius 2 is 1.77 bits per heavy atom. The summed E-state index contributed by atoms with van der Waals surface area (Å²) < 4.78 is 33.3. The number of sulfonamides is 1. The number of hydrogen-bond acceptors (Lipinski definition) is 5. The summed E-state index contributed by atoms with van der Waals surface area (Å²) in [6.45, 7) is 2.97. The Kier molecular flexibility index (Phi) is 5.79. The molecule has 0 bridgehead atoms. The highest BCUT2D eigenvalue weighted by molar-refractivity contribution is 8.01. The summed E-state index contributed by atoms with van der Waals surface area (Å²) in [4.78, 5) is 2.33. The van der Waals surface area contributed by atoms with E-state index in [2.05, 4.69) is 0 Å². The lowest BCUT2D eigenvalue weighted by molar-refractivity contribution is 0.340. The largest absolute Gasteiger partial charge is 0.494 e. The highest BCUT2D eigenvalue weighted by Crippen LogP contribution is 2.41. The predicted octanol–water partition coefficient (Wildman–Crippen LogP) is 3.59. The van der Waals surface area contributed by atoms with Crippen molar-refractivity contribution in [2.75, 3.05) is 37.9 Å². The SMILES string of the molecule is CCOc1ccc(S(=O)(=O)N2CCSC2c2ccc(N(C)C)cc2)cc1. The minimum Gasteiger partial charge on any atom is -0.494 e. The van der Waals surface area contributed by atoms with Crippen LogP contribution in [0.25, 0.3) is 0 Å². The second-order valence-corrected chi connectivity index (χ2v) is 9.31. The van der Waals surface area contributed by atoms with Gasteiger partial charge in [-0.25, -0.2) is 8.42 Å². The maximum absolute atomic E-state index is 13.1. The molecule has 5 nitrogen and oxygen atoms in total. The molecule has 0 N–H and O–H groups in total. The second kappa shape index (κ2) is 7.90. The number of nitrogens with zero attached hydrogens (tertiary/aromatic N) is 2. The van der Waals surface area contributed by atoms with Gasteiger partial charge in [-0.15, -0.1) is 11.8 Å². The summed E-state index contributed by atoms with van der Waals surface area (Å²) in [6.07, 6.45) is 0. The van der Waals surface area contributed by atoms with Gasteiger partial charge in [0.25, 0.3) is 0 Å². The molecule has 1 saturated heterocycles. The highest BCUT2D eigenvalue weighted by Gasteiger charge is 2.36. The van der Waals surface area contributed by atoms with Gasteiger partial charge < -0.3 is 9.64 Å². The van der Waals surface area contributed by atoms with Crippen LogP contribution in [0.1, 0.15) is 17.9 Å². The molecule has 1 fully saturated rings. The first kappa shape index (κ1) is 19.1. The van der Waals surface area contributed by atoms with E-state index in [0.717, 1.165) is 17.0 Å². The van der Waals surface area contributed by atoms with Gasteiger partial charge in [-0.2, -0.15) is 4.31 Å². The number of anilines is 1. The lowest BCUT2D eigenvalue weighted by Crippen LogP contribution is -2.30. The molecule has 0 aromatic heterocycles. The molecule has 1 aliphatic rings. The van der Waals surface area contributed by atoms with Gasteiger partial charge in [0.05, 0.1) is 16.9 Å². The van der Waals surface area contributed by atoms with Gasteiger partial charge >= 0.3 is 0 Å². The van der Waals surface area contributed by atoms with E-state index in [9.17, 15) is 8.42 Å². The van der Waals surface area contributed by atoms with E-state index in [-0.39, 0.29) is 5.37 Å². The van der Waals surface area contributed by atoms with Crippen LogP contribution in [0.4, 0.5) is 5.69 Å². The first-order valence-corrected chi connectivity index (χ1v) is 11.1. The number of ether oxygens (including phenoxy) is 1. The van der Waals surface area contributed by atoms with Crippen molar-refractivity contribution in [3.05, 3.63) is 54.1 Å². The number of hydrogen-bond donors (Lipinski definition) is 0. The van der Waals surface area contributed by atoms with Crippen molar-refractivity contribution in [2.45, 2.75) is 17.2 Å². The minimum absolute atomic E-state index is 0.192. The average Bonchev–Trinajstić information content (AvgIpc) is 3.13. The van der Waals surface area contributed by atoms with Crippen LogP contribution in [-0.2, 0) is 10.0 Å². The van der Waals surface area contributed by atoms with Crippen molar-refractivity contribution >= 4 is 27.5 Å². The summed E-state index contributed by atoms with van der Waals surface area (Å²) in [5.74, 6) is 1.47. The van der Waals surface area contributed by atoms with Gasteiger partial charge in [0.15, 0.2) is 0 Å². The molecule has 0 spiro atoms. The average molecular weight is 393 g/mol. The predicted molar refractivity (Wildman–Crippen MR) is 107 cm³/mol. The van der Waals surface area contributed by atoms with Crippen LogP contribution >= 0.6 is 11.8 Å². The van der Waals surface area contributed by atoms with Crippen molar-refractivity contribution in [1.82, 2.24) is 4.31 Å². The quantitative estimate of drug-likeness (QED) is 0.752. The maximum Gasteiger partial charge on any atom is 0.244 e. The van der Waals surface area contributed by atoms with E-state index < -0.39 is 10.0 Å². The molecule has 2 aromatic carbocycles. The number of thioether (sulfide) groups is 1. The Morgan fingerprint density at radius 1 is 1.12 bits per heavy atom. The molecule has 1 heterocycles. The van der Waals surface area contributed by atoms with Gasteiger partial charge in [0.2, 0.25) is 10.0 Å². The standard InChI is InChI=1S/C19H24N2O3S2/c1-4-24-17-9-11-18(12-10-17)26(22,23)21-13-14-25-19(21)15-5-7-16(8-6-15)20(2)3/h5-12,19H,4,13-14H2,1-3H3. The fourth-order valence-electron chi connectivity index (χ4n) is 2.91. The zero-order valence-electron chi connectivity index (χ0n) is 15.3. The van der Waals surface area contributed by atoms with E-state index in [0.29, 0.717) is 23.8 Å².